The molecule has 0 radical (unpaired) electrons. The molecular formula is C18H18ClFN2O2. The first-order valence-electron chi connectivity index (χ1n) is 7.65. The summed E-state index contributed by atoms with van der Waals surface area (Å²) in [6.45, 7) is 3.73. The van der Waals surface area contributed by atoms with Crippen LogP contribution in [0.15, 0.2) is 34.5 Å². The molecule has 1 heterocycles. The standard InChI is InChI=1S/C18H18ClFN2O2/c1-4-5-15-17(18(23)24-3)16(13(9-21)10(2)22-15)12-7-6-11(20)8-14(12)19/h6-8,13,16H,4-5H2,1-3H3. The van der Waals surface area contributed by atoms with Crippen molar-refractivity contribution in [3.63, 3.8) is 0 Å². The van der Waals surface area contributed by atoms with Crippen molar-refractivity contribution < 1.29 is 13.9 Å². The molecule has 0 spiro atoms. The number of hydrogen-bond acceptors (Lipinski definition) is 4. The number of halogens is 2. The number of allylic oxidation sites excluding steroid dienone is 1. The Hall–Kier alpha value is -2.19. The molecule has 0 aromatic heterocycles. The molecule has 2 rings (SSSR count). The van der Waals surface area contributed by atoms with Gasteiger partial charge >= 0.3 is 5.97 Å². The normalized spacial score (nSPS) is 20.4. The molecule has 0 saturated carbocycles. The number of benzene rings is 1. The van der Waals surface area contributed by atoms with Crippen LogP contribution in [0.4, 0.5) is 4.39 Å². The summed E-state index contributed by atoms with van der Waals surface area (Å²) in [5.74, 6) is -2.31. The average molecular weight is 349 g/mol. The molecule has 126 valence electrons. The number of esters is 1. The van der Waals surface area contributed by atoms with Gasteiger partial charge < -0.3 is 4.74 Å². The van der Waals surface area contributed by atoms with Crippen LogP contribution < -0.4 is 0 Å². The third-order valence-corrected chi connectivity index (χ3v) is 4.37. The number of methoxy groups -OCH3 is 1. The monoisotopic (exact) mass is 348 g/mol. The fourth-order valence-electron chi connectivity index (χ4n) is 2.97. The number of nitrogens with zero attached hydrogens (tertiary/aromatic N) is 2. The van der Waals surface area contributed by atoms with Crippen molar-refractivity contribution >= 4 is 23.3 Å². The van der Waals surface area contributed by atoms with E-state index in [-0.39, 0.29) is 5.02 Å². The van der Waals surface area contributed by atoms with E-state index < -0.39 is 23.6 Å². The Labute approximate surface area is 145 Å². The minimum atomic E-state index is -0.664. The lowest BCUT2D eigenvalue weighted by atomic mass is 9.76. The van der Waals surface area contributed by atoms with Crippen LogP contribution >= 0.6 is 11.6 Å². The first-order valence-corrected chi connectivity index (χ1v) is 8.03. The Morgan fingerprint density at radius 1 is 1.50 bits per heavy atom. The Balaban J connectivity index is 2.72. The molecule has 0 N–H and O–H groups in total. The summed E-state index contributed by atoms with van der Waals surface area (Å²) in [5, 5.41) is 9.78. The molecule has 1 aliphatic heterocycles. The molecule has 2 unspecified atom stereocenters. The van der Waals surface area contributed by atoms with Crippen LogP contribution in [-0.2, 0) is 9.53 Å². The lowest BCUT2D eigenvalue weighted by molar-refractivity contribution is -0.136. The van der Waals surface area contributed by atoms with Gasteiger partial charge in [-0.1, -0.05) is 31.0 Å². The van der Waals surface area contributed by atoms with Gasteiger partial charge in [0.1, 0.15) is 5.82 Å². The number of aliphatic imine (C=N–C) groups is 1. The highest BCUT2D eigenvalue weighted by atomic mass is 35.5. The van der Waals surface area contributed by atoms with Crippen molar-refractivity contribution in [3.05, 3.63) is 45.9 Å². The van der Waals surface area contributed by atoms with E-state index in [1.54, 1.807) is 6.92 Å². The Morgan fingerprint density at radius 3 is 2.75 bits per heavy atom. The number of ether oxygens (including phenoxy) is 1. The van der Waals surface area contributed by atoms with Crippen molar-refractivity contribution in [2.24, 2.45) is 10.9 Å². The third-order valence-electron chi connectivity index (χ3n) is 4.05. The van der Waals surface area contributed by atoms with E-state index in [9.17, 15) is 14.4 Å². The van der Waals surface area contributed by atoms with Gasteiger partial charge in [-0.15, -0.1) is 0 Å². The summed E-state index contributed by atoms with van der Waals surface area (Å²) in [6, 6.07) is 6.15. The second kappa shape index (κ2) is 7.59. The number of carbonyl (C=O) groups is 1. The molecule has 1 aromatic carbocycles. The van der Waals surface area contributed by atoms with E-state index in [0.717, 1.165) is 6.42 Å². The molecule has 0 saturated heterocycles. The van der Waals surface area contributed by atoms with Gasteiger partial charge in [-0.3, -0.25) is 4.99 Å². The van der Waals surface area contributed by atoms with E-state index in [1.807, 2.05) is 6.92 Å². The Bertz CT molecular complexity index is 765. The fourth-order valence-corrected chi connectivity index (χ4v) is 3.25. The molecule has 0 amide bonds. The zero-order valence-corrected chi connectivity index (χ0v) is 14.5. The quantitative estimate of drug-likeness (QED) is 0.757. The van der Waals surface area contributed by atoms with Crippen LogP contribution in [0.3, 0.4) is 0 Å². The van der Waals surface area contributed by atoms with Crippen molar-refractivity contribution in [2.45, 2.75) is 32.6 Å². The van der Waals surface area contributed by atoms with Crippen molar-refractivity contribution in [1.29, 1.82) is 5.26 Å². The van der Waals surface area contributed by atoms with E-state index >= 15 is 0 Å². The van der Waals surface area contributed by atoms with Gasteiger partial charge in [-0.2, -0.15) is 5.26 Å². The lowest BCUT2D eigenvalue weighted by Crippen LogP contribution is -2.29. The van der Waals surface area contributed by atoms with Crippen LogP contribution in [-0.4, -0.2) is 18.8 Å². The van der Waals surface area contributed by atoms with Crippen LogP contribution in [0.25, 0.3) is 0 Å². The molecular weight excluding hydrogens is 331 g/mol. The van der Waals surface area contributed by atoms with Gasteiger partial charge in [0.25, 0.3) is 0 Å². The molecule has 0 bridgehead atoms. The van der Waals surface area contributed by atoms with Gasteiger partial charge in [0.05, 0.1) is 30.4 Å². The highest BCUT2D eigenvalue weighted by Gasteiger charge is 2.39. The largest absolute Gasteiger partial charge is 0.466 e. The number of hydrogen-bond donors (Lipinski definition) is 0. The van der Waals surface area contributed by atoms with Crippen LogP contribution in [0.2, 0.25) is 5.02 Å². The van der Waals surface area contributed by atoms with E-state index in [0.29, 0.717) is 29.0 Å². The predicted octanol–water partition coefficient (Wildman–Crippen LogP) is 4.40. The van der Waals surface area contributed by atoms with Crippen molar-refractivity contribution in [2.75, 3.05) is 7.11 Å². The van der Waals surface area contributed by atoms with Crippen LogP contribution in [0.1, 0.15) is 38.2 Å². The molecule has 0 aliphatic carbocycles. The summed E-state index contributed by atoms with van der Waals surface area (Å²) < 4.78 is 18.3. The molecule has 6 heteroatoms. The highest BCUT2D eigenvalue weighted by molar-refractivity contribution is 6.31. The molecule has 24 heavy (non-hydrogen) atoms. The third kappa shape index (κ3) is 3.34. The van der Waals surface area contributed by atoms with Gasteiger partial charge in [0, 0.05) is 16.7 Å². The maximum Gasteiger partial charge on any atom is 0.336 e. The molecule has 0 fully saturated rings. The lowest BCUT2D eigenvalue weighted by Gasteiger charge is -2.30. The first kappa shape index (κ1) is 18.2. The van der Waals surface area contributed by atoms with E-state index in [1.165, 1.54) is 25.3 Å². The Kier molecular flexibility index (Phi) is 5.74. The van der Waals surface area contributed by atoms with Crippen LogP contribution in [0, 0.1) is 23.1 Å². The maximum atomic E-state index is 13.4. The molecule has 2 atom stereocenters. The van der Waals surface area contributed by atoms with Gasteiger partial charge in [-0.25, -0.2) is 9.18 Å². The number of carbonyl (C=O) groups excluding carboxylic acids is 1. The maximum absolute atomic E-state index is 13.4. The summed E-state index contributed by atoms with van der Waals surface area (Å²) >= 11 is 6.21. The highest BCUT2D eigenvalue weighted by Crippen LogP contribution is 2.42. The van der Waals surface area contributed by atoms with Crippen LogP contribution in [0.5, 0.6) is 0 Å². The smallest absolute Gasteiger partial charge is 0.336 e. The second-order valence-corrected chi connectivity index (χ2v) is 6.01. The zero-order valence-electron chi connectivity index (χ0n) is 13.8. The number of nitriles is 1. The fraction of sp³-hybridized carbons (Fsp3) is 0.389. The first-order chi connectivity index (χ1) is 11.4. The summed E-state index contributed by atoms with van der Waals surface area (Å²) in [6.07, 6.45) is 1.36. The topological polar surface area (TPSA) is 62.5 Å². The SMILES string of the molecule is CCCC1=C(C(=O)OC)C(c2ccc(F)cc2Cl)C(C#N)C(C)=N1. The van der Waals surface area contributed by atoms with Crippen molar-refractivity contribution in [3.8, 4) is 6.07 Å². The van der Waals surface area contributed by atoms with Crippen molar-refractivity contribution in [1.82, 2.24) is 0 Å². The van der Waals surface area contributed by atoms with Gasteiger partial charge in [0.2, 0.25) is 0 Å². The zero-order chi connectivity index (χ0) is 17.9. The number of rotatable bonds is 4. The molecule has 1 aliphatic rings. The van der Waals surface area contributed by atoms with Gasteiger partial charge in [0.15, 0.2) is 0 Å². The minimum absolute atomic E-state index is 0.173. The molecule has 4 nitrogen and oxygen atoms in total. The Morgan fingerprint density at radius 2 is 2.21 bits per heavy atom. The molecule has 1 aromatic rings. The van der Waals surface area contributed by atoms with Gasteiger partial charge in [-0.05, 0) is 31.0 Å². The summed E-state index contributed by atoms with van der Waals surface area (Å²) in [7, 11) is 1.29. The van der Waals surface area contributed by atoms with E-state index in [4.69, 9.17) is 16.3 Å². The predicted molar refractivity (Wildman–Crippen MR) is 90.3 cm³/mol. The second-order valence-electron chi connectivity index (χ2n) is 5.61. The summed E-state index contributed by atoms with van der Waals surface area (Å²) in [5.41, 5.74) is 2.05. The van der Waals surface area contributed by atoms with E-state index in [2.05, 4.69) is 11.1 Å². The average Bonchev–Trinajstić information content (AvgIpc) is 2.54. The minimum Gasteiger partial charge on any atom is -0.466 e. The summed E-state index contributed by atoms with van der Waals surface area (Å²) in [4.78, 5) is 16.9.